The van der Waals surface area contributed by atoms with E-state index < -0.39 is 0 Å². The number of hydrogen-bond acceptors (Lipinski definition) is 5. The lowest BCUT2D eigenvalue weighted by Crippen LogP contribution is -2.45. The summed E-state index contributed by atoms with van der Waals surface area (Å²) >= 11 is 1.37. The van der Waals surface area contributed by atoms with Gasteiger partial charge in [-0.1, -0.05) is 60.9 Å². The van der Waals surface area contributed by atoms with Crippen LogP contribution in [0.25, 0.3) is 11.4 Å². The quantitative estimate of drug-likeness (QED) is 0.646. The van der Waals surface area contributed by atoms with E-state index in [1.54, 1.807) is 0 Å². The molecule has 1 amide bonds. The van der Waals surface area contributed by atoms with Crippen LogP contribution in [0.4, 0.5) is 0 Å². The van der Waals surface area contributed by atoms with E-state index in [2.05, 4.69) is 10.2 Å². The minimum atomic E-state index is 0.184. The van der Waals surface area contributed by atoms with Crippen molar-refractivity contribution in [1.82, 2.24) is 19.8 Å². The van der Waals surface area contributed by atoms with Gasteiger partial charge in [0.05, 0.1) is 5.75 Å². The molecule has 2 heterocycles. The van der Waals surface area contributed by atoms with Crippen LogP contribution in [0.2, 0.25) is 0 Å². The molecule has 27 heavy (non-hydrogen) atoms. The van der Waals surface area contributed by atoms with Crippen molar-refractivity contribution < 1.29 is 4.79 Å². The number of aromatic nitrogens is 3. The lowest BCUT2D eigenvalue weighted by Gasteiger charge is -2.41. The molecule has 0 unspecified atom stereocenters. The highest BCUT2D eigenvalue weighted by molar-refractivity contribution is 7.99. The molecule has 2 atom stereocenters. The fraction of sp³-hybridized carbons (Fsp3) is 0.550. The molecule has 1 saturated carbocycles. The van der Waals surface area contributed by atoms with Gasteiger partial charge in [0.2, 0.25) is 11.1 Å². The van der Waals surface area contributed by atoms with Crippen molar-refractivity contribution in [3.63, 3.8) is 0 Å². The zero-order valence-electron chi connectivity index (χ0n) is 15.8. The summed E-state index contributed by atoms with van der Waals surface area (Å²) in [7, 11) is 0. The predicted octanol–water partition coefficient (Wildman–Crippen LogP) is 3.10. The smallest absolute Gasteiger partial charge is 0.233 e. The average molecular weight is 386 g/mol. The number of aryl methyl sites for hydroxylation is 1. The molecule has 1 aliphatic heterocycles. The van der Waals surface area contributed by atoms with Crippen molar-refractivity contribution in [3.05, 3.63) is 29.8 Å². The molecule has 6 nitrogen and oxygen atoms in total. The van der Waals surface area contributed by atoms with Crippen LogP contribution in [0, 0.1) is 18.8 Å². The number of hydrogen-bond donors (Lipinski definition) is 1. The van der Waals surface area contributed by atoms with Gasteiger partial charge in [-0.3, -0.25) is 4.79 Å². The van der Waals surface area contributed by atoms with Gasteiger partial charge < -0.3 is 10.7 Å². The Bertz CT molecular complexity index is 803. The number of amides is 1. The third kappa shape index (κ3) is 3.98. The summed E-state index contributed by atoms with van der Waals surface area (Å²) in [6, 6.07) is 8.01. The molecule has 1 aromatic carbocycles. The Morgan fingerprint density at radius 2 is 1.89 bits per heavy atom. The van der Waals surface area contributed by atoms with Crippen molar-refractivity contribution in [2.75, 3.05) is 24.7 Å². The minimum Gasteiger partial charge on any atom is -0.342 e. The van der Waals surface area contributed by atoms with Gasteiger partial charge in [0.25, 0.3) is 0 Å². The molecule has 1 aliphatic carbocycles. The van der Waals surface area contributed by atoms with E-state index in [1.807, 2.05) is 36.1 Å². The maximum absolute atomic E-state index is 12.7. The van der Waals surface area contributed by atoms with E-state index in [1.165, 1.54) is 47.7 Å². The fourth-order valence-electron chi connectivity index (χ4n) is 4.32. The van der Waals surface area contributed by atoms with E-state index in [4.69, 9.17) is 5.84 Å². The van der Waals surface area contributed by atoms with Crippen molar-refractivity contribution >= 4 is 17.7 Å². The van der Waals surface area contributed by atoms with Gasteiger partial charge >= 0.3 is 0 Å². The summed E-state index contributed by atoms with van der Waals surface area (Å²) in [5, 5.41) is 8.96. The Hall–Kier alpha value is -2.02. The highest BCUT2D eigenvalue weighted by atomic mass is 32.2. The van der Waals surface area contributed by atoms with Crippen LogP contribution in [-0.2, 0) is 4.79 Å². The van der Waals surface area contributed by atoms with Gasteiger partial charge in [-0.2, -0.15) is 0 Å². The highest BCUT2D eigenvalue weighted by Gasteiger charge is 2.32. The number of carbonyl (C=O) groups excluding carboxylic acids is 1. The molecular weight excluding hydrogens is 358 g/mol. The lowest BCUT2D eigenvalue weighted by molar-refractivity contribution is -0.131. The molecule has 2 aliphatic rings. The van der Waals surface area contributed by atoms with Crippen LogP contribution in [0.15, 0.2) is 29.4 Å². The Morgan fingerprint density at radius 3 is 2.67 bits per heavy atom. The van der Waals surface area contributed by atoms with Crippen LogP contribution < -0.4 is 5.84 Å². The molecule has 2 aromatic rings. The summed E-state index contributed by atoms with van der Waals surface area (Å²) in [4.78, 5) is 14.7. The van der Waals surface area contributed by atoms with E-state index in [-0.39, 0.29) is 5.91 Å². The number of fused-ring (bicyclic) bond motifs is 1. The molecule has 4 rings (SSSR count). The van der Waals surface area contributed by atoms with Crippen molar-refractivity contribution in [2.45, 2.75) is 44.2 Å². The first kappa shape index (κ1) is 18.3. The van der Waals surface area contributed by atoms with Crippen molar-refractivity contribution in [1.29, 1.82) is 0 Å². The third-order valence-corrected chi connectivity index (χ3v) is 6.87. The molecule has 0 spiro atoms. The Kier molecular flexibility index (Phi) is 5.38. The molecule has 0 radical (unpaired) electrons. The van der Waals surface area contributed by atoms with Gasteiger partial charge in [0, 0.05) is 18.7 Å². The third-order valence-electron chi connectivity index (χ3n) is 5.94. The topological polar surface area (TPSA) is 77.0 Å². The SMILES string of the molecule is Cc1ccc(-c2nnc(SCC(=O)N3CC[C@@H]4CCCC[C@@H]4C3)n2N)cc1. The minimum absolute atomic E-state index is 0.184. The predicted molar refractivity (Wildman–Crippen MR) is 108 cm³/mol. The number of rotatable bonds is 4. The van der Waals surface area contributed by atoms with E-state index in [0.29, 0.717) is 22.7 Å². The number of thioether (sulfide) groups is 1. The Morgan fingerprint density at radius 1 is 1.15 bits per heavy atom. The van der Waals surface area contributed by atoms with E-state index in [9.17, 15) is 4.79 Å². The molecular formula is C20H27N5OS. The van der Waals surface area contributed by atoms with Crippen LogP contribution in [-0.4, -0.2) is 44.5 Å². The number of likely N-dealkylation sites (tertiary alicyclic amines) is 1. The summed E-state index contributed by atoms with van der Waals surface area (Å²) in [6.07, 6.45) is 6.46. The summed E-state index contributed by atoms with van der Waals surface area (Å²) in [5.41, 5.74) is 2.11. The fourth-order valence-corrected chi connectivity index (χ4v) is 5.08. The standard InChI is InChI=1S/C20H27N5OS/c1-14-6-8-16(9-7-14)19-22-23-20(25(19)21)27-13-18(26)24-11-10-15-4-2-3-5-17(15)12-24/h6-9,15,17H,2-5,10-13,21H2,1H3/t15-,17+/m0/s1. The lowest BCUT2D eigenvalue weighted by atomic mass is 9.75. The number of nitrogens with zero attached hydrogens (tertiary/aromatic N) is 4. The number of nitrogen functional groups attached to an aromatic ring is 1. The van der Waals surface area contributed by atoms with Gasteiger partial charge in [-0.25, -0.2) is 4.68 Å². The molecule has 1 saturated heterocycles. The van der Waals surface area contributed by atoms with Gasteiger partial charge in [-0.15, -0.1) is 10.2 Å². The van der Waals surface area contributed by atoms with Crippen LogP contribution in [0.5, 0.6) is 0 Å². The Balaban J connectivity index is 1.36. The average Bonchev–Trinajstić information content (AvgIpc) is 3.07. The molecule has 0 bridgehead atoms. The monoisotopic (exact) mass is 385 g/mol. The van der Waals surface area contributed by atoms with Crippen LogP contribution in [0.1, 0.15) is 37.7 Å². The Labute approximate surface area is 164 Å². The highest BCUT2D eigenvalue weighted by Crippen LogP contribution is 2.36. The van der Waals surface area contributed by atoms with Crippen molar-refractivity contribution in [2.24, 2.45) is 11.8 Å². The van der Waals surface area contributed by atoms with Crippen LogP contribution >= 0.6 is 11.8 Å². The molecule has 144 valence electrons. The second kappa shape index (κ2) is 7.92. The summed E-state index contributed by atoms with van der Waals surface area (Å²) in [5.74, 6) is 8.87. The van der Waals surface area contributed by atoms with E-state index >= 15 is 0 Å². The normalized spacial score (nSPS) is 22.5. The van der Waals surface area contributed by atoms with Gasteiger partial charge in [0.1, 0.15) is 0 Å². The maximum Gasteiger partial charge on any atom is 0.233 e. The van der Waals surface area contributed by atoms with Gasteiger partial charge in [-0.05, 0) is 31.6 Å². The first-order valence-electron chi connectivity index (χ1n) is 9.80. The number of carbonyl (C=O) groups is 1. The number of benzene rings is 1. The molecule has 7 heteroatoms. The maximum atomic E-state index is 12.7. The second-order valence-corrected chi connectivity index (χ2v) is 8.71. The zero-order chi connectivity index (χ0) is 18.8. The zero-order valence-corrected chi connectivity index (χ0v) is 16.6. The second-order valence-electron chi connectivity index (χ2n) is 7.76. The molecule has 2 fully saturated rings. The summed E-state index contributed by atoms with van der Waals surface area (Å²) in [6.45, 7) is 3.86. The number of nitrogens with two attached hydrogens (primary N) is 1. The largest absolute Gasteiger partial charge is 0.342 e. The van der Waals surface area contributed by atoms with Gasteiger partial charge in [0.15, 0.2) is 5.82 Å². The van der Waals surface area contributed by atoms with Crippen LogP contribution in [0.3, 0.4) is 0 Å². The molecule has 2 N–H and O–H groups in total. The van der Waals surface area contributed by atoms with Crippen molar-refractivity contribution in [3.8, 4) is 11.4 Å². The number of piperidine rings is 1. The van der Waals surface area contributed by atoms with E-state index in [0.717, 1.165) is 31.0 Å². The molecule has 1 aromatic heterocycles. The first-order valence-corrected chi connectivity index (χ1v) is 10.8. The summed E-state index contributed by atoms with van der Waals surface area (Å²) < 4.78 is 1.48. The first-order chi connectivity index (χ1) is 13.1.